The van der Waals surface area contributed by atoms with E-state index < -0.39 is 22.0 Å². The van der Waals surface area contributed by atoms with Crippen molar-refractivity contribution in [2.24, 2.45) is 10.1 Å². The van der Waals surface area contributed by atoms with E-state index in [1.807, 2.05) is 32.0 Å². The summed E-state index contributed by atoms with van der Waals surface area (Å²) in [6.45, 7) is 3.70. The summed E-state index contributed by atoms with van der Waals surface area (Å²) in [6.07, 6.45) is -0.185. The van der Waals surface area contributed by atoms with Crippen molar-refractivity contribution in [2.75, 3.05) is 11.6 Å². The first kappa shape index (κ1) is 19.4. The molecule has 144 valence electrons. The number of anilines is 1. The number of aliphatic imine (C=N–C) groups is 1. The average molecular weight is 392 g/mol. The molecule has 1 heterocycles. The molecule has 0 radical (unpaired) electrons. The molecule has 1 aliphatic heterocycles. The van der Waals surface area contributed by atoms with Crippen LogP contribution in [0.4, 0.5) is 10.1 Å². The van der Waals surface area contributed by atoms with Crippen LogP contribution >= 0.6 is 0 Å². The van der Waals surface area contributed by atoms with Crippen LogP contribution in [-0.4, -0.2) is 32.1 Å². The third-order valence-electron chi connectivity index (χ3n) is 4.36. The summed E-state index contributed by atoms with van der Waals surface area (Å²) in [5.74, 6) is -0.244. The van der Waals surface area contributed by atoms with Crippen LogP contribution in [0.5, 0.6) is 0 Å². The number of nitrogens with one attached hydrogen (secondary N) is 1. The molecular formula is C18H21FN4O3S. The van der Waals surface area contributed by atoms with E-state index in [0.29, 0.717) is 12.3 Å². The fourth-order valence-electron chi connectivity index (χ4n) is 2.91. The van der Waals surface area contributed by atoms with Gasteiger partial charge in [0.1, 0.15) is 17.8 Å². The maximum absolute atomic E-state index is 14.6. The zero-order chi connectivity index (χ0) is 19.8. The van der Waals surface area contributed by atoms with Gasteiger partial charge in [-0.15, -0.1) is 0 Å². The normalized spacial score (nSPS) is 17.3. The van der Waals surface area contributed by atoms with Gasteiger partial charge in [-0.05, 0) is 43.2 Å². The number of aliphatic hydroxyl groups is 1. The van der Waals surface area contributed by atoms with Crippen LogP contribution < -0.4 is 15.6 Å². The standard InChI is InChI=1S/C18H21FN4O3S/c1-11-3-4-12(2)13(7-11)8-18-21-17(10-24)22-23(18)16-6-5-14(9-15(16)19)27(20,25)26/h3-7,9,17,22,24H,8,10H2,1-2H3,(H2,20,25,26). The molecule has 2 aromatic carbocycles. The molecule has 1 unspecified atom stereocenters. The third-order valence-corrected chi connectivity index (χ3v) is 5.27. The second kappa shape index (κ2) is 7.35. The highest BCUT2D eigenvalue weighted by Crippen LogP contribution is 2.25. The first-order valence-electron chi connectivity index (χ1n) is 8.31. The van der Waals surface area contributed by atoms with E-state index in [1.165, 1.54) is 17.1 Å². The number of halogens is 1. The molecule has 7 nitrogen and oxygen atoms in total. The van der Waals surface area contributed by atoms with E-state index in [2.05, 4.69) is 10.4 Å². The minimum atomic E-state index is -4.00. The number of hydrogen-bond donors (Lipinski definition) is 3. The van der Waals surface area contributed by atoms with Crippen molar-refractivity contribution in [1.82, 2.24) is 5.43 Å². The average Bonchev–Trinajstić information content (AvgIpc) is 3.00. The number of nitrogens with two attached hydrogens (primary N) is 1. The van der Waals surface area contributed by atoms with Gasteiger partial charge in [0.25, 0.3) is 0 Å². The maximum atomic E-state index is 14.6. The van der Waals surface area contributed by atoms with Crippen LogP contribution in [0.2, 0.25) is 0 Å². The highest BCUT2D eigenvalue weighted by atomic mass is 32.2. The summed E-state index contributed by atoms with van der Waals surface area (Å²) in [5.41, 5.74) is 6.21. The van der Waals surface area contributed by atoms with Crippen molar-refractivity contribution >= 4 is 21.5 Å². The van der Waals surface area contributed by atoms with E-state index in [1.54, 1.807) is 0 Å². The van der Waals surface area contributed by atoms with Crippen LogP contribution in [-0.2, 0) is 16.4 Å². The fraction of sp³-hybridized carbons (Fsp3) is 0.278. The Hall–Kier alpha value is -2.33. The van der Waals surface area contributed by atoms with E-state index in [-0.39, 0.29) is 17.2 Å². The van der Waals surface area contributed by atoms with Gasteiger partial charge >= 0.3 is 0 Å². The summed E-state index contributed by atoms with van der Waals surface area (Å²) in [4.78, 5) is 4.10. The van der Waals surface area contributed by atoms with E-state index in [0.717, 1.165) is 22.8 Å². The molecule has 9 heteroatoms. The van der Waals surface area contributed by atoms with Crippen LogP contribution in [0.15, 0.2) is 46.3 Å². The second-order valence-electron chi connectivity index (χ2n) is 6.47. The number of nitrogens with zero attached hydrogens (tertiary/aromatic N) is 2. The first-order chi connectivity index (χ1) is 12.7. The molecule has 0 aromatic heterocycles. The quantitative estimate of drug-likeness (QED) is 0.712. The Kier molecular flexibility index (Phi) is 5.29. The summed E-state index contributed by atoms with van der Waals surface area (Å²) < 4.78 is 37.4. The molecule has 0 bridgehead atoms. The Balaban J connectivity index is 1.97. The van der Waals surface area contributed by atoms with Crippen molar-refractivity contribution in [2.45, 2.75) is 31.3 Å². The van der Waals surface area contributed by atoms with Crippen molar-refractivity contribution in [3.63, 3.8) is 0 Å². The molecule has 2 aromatic rings. The van der Waals surface area contributed by atoms with Crippen LogP contribution in [0.1, 0.15) is 16.7 Å². The molecule has 4 N–H and O–H groups in total. The van der Waals surface area contributed by atoms with Crippen molar-refractivity contribution in [3.05, 3.63) is 58.9 Å². The first-order valence-corrected chi connectivity index (χ1v) is 9.86. The van der Waals surface area contributed by atoms with Crippen LogP contribution in [0.3, 0.4) is 0 Å². The smallest absolute Gasteiger partial charge is 0.238 e. The number of hydrogen-bond acceptors (Lipinski definition) is 6. The number of aliphatic hydroxyl groups excluding tert-OH is 1. The van der Waals surface area contributed by atoms with Gasteiger partial charge in [-0.2, -0.15) is 0 Å². The van der Waals surface area contributed by atoms with Gasteiger partial charge in [-0.25, -0.2) is 28.4 Å². The highest BCUT2D eigenvalue weighted by molar-refractivity contribution is 7.89. The predicted octanol–water partition coefficient (Wildman–Crippen LogP) is 1.37. The lowest BCUT2D eigenvalue weighted by Gasteiger charge is -2.23. The van der Waals surface area contributed by atoms with Gasteiger partial charge in [0, 0.05) is 6.42 Å². The van der Waals surface area contributed by atoms with Gasteiger partial charge in [0.2, 0.25) is 10.0 Å². The van der Waals surface area contributed by atoms with E-state index in [9.17, 15) is 17.9 Å². The van der Waals surface area contributed by atoms with Crippen molar-refractivity contribution in [1.29, 1.82) is 0 Å². The number of rotatable bonds is 5. The highest BCUT2D eigenvalue weighted by Gasteiger charge is 2.28. The van der Waals surface area contributed by atoms with Crippen LogP contribution in [0, 0.1) is 19.7 Å². The lowest BCUT2D eigenvalue weighted by molar-refractivity contribution is 0.254. The summed E-state index contributed by atoms with van der Waals surface area (Å²) >= 11 is 0. The topological polar surface area (TPSA) is 108 Å². The number of benzene rings is 2. The Labute approximate surface area is 157 Å². The summed E-state index contributed by atoms with van der Waals surface area (Å²) in [5, 5.41) is 15.9. The Morgan fingerprint density at radius 1 is 1.26 bits per heavy atom. The molecule has 0 saturated heterocycles. The van der Waals surface area contributed by atoms with Gasteiger partial charge in [0.15, 0.2) is 0 Å². The van der Waals surface area contributed by atoms with Gasteiger partial charge in [0.05, 0.1) is 17.2 Å². The molecule has 0 amide bonds. The fourth-order valence-corrected chi connectivity index (χ4v) is 3.44. The zero-order valence-electron chi connectivity index (χ0n) is 15.0. The monoisotopic (exact) mass is 392 g/mol. The van der Waals surface area contributed by atoms with Crippen molar-refractivity contribution < 1.29 is 17.9 Å². The van der Waals surface area contributed by atoms with Gasteiger partial charge in [-0.3, -0.25) is 5.01 Å². The number of sulfonamides is 1. The number of amidine groups is 1. The molecule has 0 saturated carbocycles. The lowest BCUT2D eigenvalue weighted by atomic mass is 10.0. The Morgan fingerprint density at radius 2 is 2.00 bits per heavy atom. The molecule has 1 atom stereocenters. The van der Waals surface area contributed by atoms with Crippen molar-refractivity contribution in [3.8, 4) is 0 Å². The SMILES string of the molecule is Cc1ccc(C)c(CC2=NC(CO)NN2c2ccc(S(N)(=O)=O)cc2F)c1. The van der Waals surface area contributed by atoms with Gasteiger partial charge in [-0.1, -0.05) is 23.8 Å². The van der Waals surface area contributed by atoms with Gasteiger partial charge < -0.3 is 5.11 Å². The number of primary sulfonamides is 1. The maximum Gasteiger partial charge on any atom is 0.238 e. The zero-order valence-corrected chi connectivity index (χ0v) is 15.8. The third kappa shape index (κ3) is 4.16. The molecule has 3 rings (SSSR count). The molecule has 1 aliphatic rings. The molecule has 0 fully saturated rings. The second-order valence-corrected chi connectivity index (χ2v) is 8.03. The summed E-state index contributed by atoms with van der Waals surface area (Å²) in [6, 6.07) is 9.46. The molecular weight excluding hydrogens is 371 g/mol. The minimum absolute atomic E-state index is 0.0995. The minimum Gasteiger partial charge on any atom is -0.393 e. The van der Waals surface area contributed by atoms with Crippen LogP contribution in [0.25, 0.3) is 0 Å². The molecule has 0 aliphatic carbocycles. The number of hydrazine groups is 1. The van der Waals surface area contributed by atoms with E-state index >= 15 is 0 Å². The van der Waals surface area contributed by atoms with E-state index in [4.69, 9.17) is 5.14 Å². The lowest BCUT2D eigenvalue weighted by Crippen LogP contribution is -2.43. The number of aryl methyl sites for hydroxylation is 2. The molecule has 0 spiro atoms. The summed E-state index contributed by atoms with van der Waals surface area (Å²) in [7, 11) is -4.00. The Morgan fingerprint density at radius 3 is 2.63 bits per heavy atom. The predicted molar refractivity (Wildman–Crippen MR) is 101 cm³/mol. The molecule has 27 heavy (non-hydrogen) atoms. The Bertz CT molecular complexity index is 1010. The largest absolute Gasteiger partial charge is 0.393 e.